The van der Waals surface area contributed by atoms with E-state index in [0.717, 1.165) is 11.1 Å². The second-order valence-electron chi connectivity index (χ2n) is 7.18. The Bertz CT molecular complexity index is 1310. The lowest BCUT2D eigenvalue weighted by molar-refractivity contribution is 0.575. The third-order valence-corrected chi connectivity index (χ3v) is 6.43. The Labute approximate surface area is 174 Å². The number of hydrogen-bond donors (Lipinski definition) is 1. The lowest BCUT2D eigenvalue weighted by atomic mass is 10.2. The van der Waals surface area contributed by atoms with Crippen LogP contribution >= 0.6 is 0 Å². The van der Waals surface area contributed by atoms with Crippen LogP contribution in [0.25, 0.3) is 11.2 Å². The van der Waals surface area contributed by atoms with Crippen LogP contribution in [0.3, 0.4) is 0 Å². The van der Waals surface area contributed by atoms with Gasteiger partial charge in [-0.1, -0.05) is 24.3 Å². The molecular weight excluding hydrogens is 403 g/mol. The molecular formula is C22H21FN4O2S. The molecule has 0 aliphatic carbocycles. The predicted molar refractivity (Wildman–Crippen MR) is 113 cm³/mol. The molecule has 2 aromatic carbocycles. The number of rotatable bonds is 6. The fourth-order valence-electron chi connectivity index (χ4n) is 3.31. The average molecular weight is 425 g/mol. The minimum atomic E-state index is -3.72. The van der Waals surface area contributed by atoms with Gasteiger partial charge in [-0.05, 0) is 60.9 Å². The summed E-state index contributed by atoms with van der Waals surface area (Å²) in [6.07, 6.45) is 1.66. The SMILES string of the molecule is Cc1ccc(C)c(S(=O)(=O)NCc2nc3cccnc3n2Cc2ccc(F)cc2)c1. The Morgan fingerprint density at radius 1 is 1.07 bits per heavy atom. The second-order valence-corrected chi connectivity index (χ2v) is 8.92. The number of imidazole rings is 1. The average Bonchev–Trinajstić information content (AvgIpc) is 3.07. The minimum Gasteiger partial charge on any atom is -0.307 e. The van der Waals surface area contributed by atoms with Crippen LogP contribution < -0.4 is 4.72 Å². The van der Waals surface area contributed by atoms with E-state index in [0.29, 0.717) is 29.1 Å². The van der Waals surface area contributed by atoms with E-state index < -0.39 is 10.0 Å². The van der Waals surface area contributed by atoms with Gasteiger partial charge in [0.15, 0.2) is 5.65 Å². The number of pyridine rings is 1. The highest BCUT2D eigenvalue weighted by atomic mass is 32.2. The van der Waals surface area contributed by atoms with Crippen LogP contribution in [-0.4, -0.2) is 23.0 Å². The fourth-order valence-corrected chi connectivity index (χ4v) is 4.62. The molecule has 0 bridgehead atoms. The standard InChI is InChI=1S/C22H21FN4O2S/c1-15-5-6-16(2)20(12-15)30(28,29)25-13-21-26-19-4-3-11-24-22(19)27(21)14-17-7-9-18(23)10-8-17/h3-12,25H,13-14H2,1-2H3. The van der Waals surface area contributed by atoms with E-state index in [1.807, 2.05) is 23.6 Å². The van der Waals surface area contributed by atoms with Crippen LogP contribution in [0.2, 0.25) is 0 Å². The Kier molecular flexibility index (Phi) is 5.36. The fraction of sp³-hybridized carbons (Fsp3) is 0.182. The van der Waals surface area contributed by atoms with Gasteiger partial charge < -0.3 is 4.57 Å². The number of benzene rings is 2. The molecule has 0 saturated heterocycles. The van der Waals surface area contributed by atoms with Crippen LogP contribution in [0.5, 0.6) is 0 Å². The maximum atomic E-state index is 13.3. The van der Waals surface area contributed by atoms with Crippen molar-refractivity contribution in [3.63, 3.8) is 0 Å². The highest BCUT2D eigenvalue weighted by Gasteiger charge is 2.19. The third-order valence-electron chi connectivity index (χ3n) is 4.89. The van der Waals surface area contributed by atoms with Crippen molar-refractivity contribution in [2.24, 2.45) is 0 Å². The number of aryl methyl sites for hydroxylation is 2. The van der Waals surface area contributed by atoms with E-state index in [4.69, 9.17) is 0 Å². The van der Waals surface area contributed by atoms with Crippen molar-refractivity contribution in [2.45, 2.75) is 31.8 Å². The molecule has 8 heteroatoms. The van der Waals surface area contributed by atoms with E-state index in [1.54, 1.807) is 43.5 Å². The van der Waals surface area contributed by atoms with E-state index in [1.165, 1.54) is 12.1 Å². The second kappa shape index (κ2) is 7.97. The summed E-state index contributed by atoms with van der Waals surface area (Å²) in [7, 11) is -3.72. The summed E-state index contributed by atoms with van der Waals surface area (Å²) < 4.78 is 43.6. The molecule has 0 aliphatic heterocycles. The molecule has 6 nitrogen and oxygen atoms in total. The molecule has 4 aromatic rings. The molecule has 0 aliphatic rings. The zero-order chi connectivity index (χ0) is 21.3. The van der Waals surface area contributed by atoms with Crippen LogP contribution in [-0.2, 0) is 23.1 Å². The van der Waals surface area contributed by atoms with Crippen molar-refractivity contribution in [1.29, 1.82) is 0 Å². The Balaban J connectivity index is 1.67. The van der Waals surface area contributed by atoms with Gasteiger partial charge in [-0.3, -0.25) is 0 Å². The van der Waals surface area contributed by atoms with Crippen molar-refractivity contribution < 1.29 is 12.8 Å². The number of nitrogens with one attached hydrogen (secondary N) is 1. The summed E-state index contributed by atoms with van der Waals surface area (Å²) in [4.78, 5) is 9.21. The quantitative estimate of drug-likeness (QED) is 0.512. The van der Waals surface area contributed by atoms with Crippen molar-refractivity contribution >= 4 is 21.2 Å². The highest BCUT2D eigenvalue weighted by molar-refractivity contribution is 7.89. The summed E-state index contributed by atoms with van der Waals surface area (Å²) in [6.45, 7) is 4.02. The Morgan fingerprint density at radius 3 is 2.60 bits per heavy atom. The zero-order valence-corrected chi connectivity index (χ0v) is 17.4. The molecule has 0 atom stereocenters. The van der Waals surface area contributed by atoms with Crippen molar-refractivity contribution in [3.05, 3.63) is 89.1 Å². The summed E-state index contributed by atoms with van der Waals surface area (Å²) in [6, 6.07) is 15.1. The molecule has 154 valence electrons. The van der Waals surface area contributed by atoms with E-state index in [-0.39, 0.29) is 17.3 Å². The number of halogens is 1. The number of aromatic nitrogens is 3. The van der Waals surface area contributed by atoms with Gasteiger partial charge in [0.2, 0.25) is 10.0 Å². The first-order valence-electron chi connectivity index (χ1n) is 9.45. The molecule has 0 amide bonds. The number of fused-ring (bicyclic) bond motifs is 1. The molecule has 2 heterocycles. The summed E-state index contributed by atoms with van der Waals surface area (Å²) in [5, 5.41) is 0. The summed E-state index contributed by atoms with van der Waals surface area (Å²) >= 11 is 0. The first kappa shape index (κ1) is 20.2. The molecule has 4 rings (SSSR count). The van der Waals surface area contributed by atoms with E-state index in [2.05, 4.69) is 14.7 Å². The number of sulfonamides is 1. The molecule has 30 heavy (non-hydrogen) atoms. The van der Waals surface area contributed by atoms with Crippen molar-refractivity contribution in [1.82, 2.24) is 19.3 Å². The lowest BCUT2D eigenvalue weighted by Crippen LogP contribution is -2.26. The largest absolute Gasteiger partial charge is 0.307 e. The first-order chi connectivity index (χ1) is 14.3. The lowest BCUT2D eigenvalue weighted by Gasteiger charge is -2.12. The van der Waals surface area contributed by atoms with Crippen LogP contribution in [0.15, 0.2) is 65.7 Å². The molecule has 2 aromatic heterocycles. The monoisotopic (exact) mass is 424 g/mol. The van der Waals surface area contributed by atoms with E-state index in [9.17, 15) is 12.8 Å². The predicted octanol–water partition coefficient (Wildman–Crippen LogP) is 3.71. The molecule has 0 saturated carbocycles. The molecule has 0 radical (unpaired) electrons. The van der Waals surface area contributed by atoms with Gasteiger partial charge in [-0.2, -0.15) is 0 Å². The molecule has 0 unspecified atom stereocenters. The Hall–Kier alpha value is -3.10. The number of hydrogen-bond acceptors (Lipinski definition) is 4. The van der Waals surface area contributed by atoms with Gasteiger partial charge in [0.1, 0.15) is 17.2 Å². The summed E-state index contributed by atoms with van der Waals surface area (Å²) in [5.41, 5.74) is 3.71. The summed E-state index contributed by atoms with van der Waals surface area (Å²) in [5.74, 6) is 0.218. The van der Waals surface area contributed by atoms with Crippen LogP contribution in [0, 0.1) is 19.7 Å². The van der Waals surface area contributed by atoms with Crippen LogP contribution in [0.1, 0.15) is 22.5 Å². The normalized spacial score (nSPS) is 11.8. The van der Waals surface area contributed by atoms with Gasteiger partial charge in [-0.25, -0.2) is 27.5 Å². The highest BCUT2D eigenvalue weighted by Crippen LogP contribution is 2.19. The zero-order valence-electron chi connectivity index (χ0n) is 16.6. The molecule has 0 spiro atoms. The maximum absolute atomic E-state index is 13.3. The van der Waals surface area contributed by atoms with Crippen molar-refractivity contribution in [3.8, 4) is 0 Å². The van der Waals surface area contributed by atoms with E-state index >= 15 is 0 Å². The first-order valence-corrected chi connectivity index (χ1v) is 10.9. The molecule has 0 fully saturated rings. The number of nitrogens with zero attached hydrogens (tertiary/aromatic N) is 3. The van der Waals surface area contributed by atoms with Gasteiger partial charge in [0, 0.05) is 6.20 Å². The third kappa shape index (κ3) is 4.10. The maximum Gasteiger partial charge on any atom is 0.241 e. The molecule has 1 N–H and O–H groups in total. The topological polar surface area (TPSA) is 76.9 Å². The van der Waals surface area contributed by atoms with Gasteiger partial charge in [0.05, 0.1) is 18.0 Å². The van der Waals surface area contributed by atoms with Gasteiger partial charge in [-0.15, -0.1) is 0 Å². The van der Waals surface area contributed by atoms with Gasteiger partial charge >= 0.3 is 0 Å². The minimum absolute atomic E-state index is 0.00721. The van der Waals surface area contributed by atoms with Gasteiger partial charge in [0.25, 0.3) is 0 Å². The van der Waals surface area contributed by atoms with Crippen LogP contribution in [0.4, 0.5) is 4.39 Å². The smallest absolute Gasteiger partial charge is 0.241 e. The van der Waals surface area contributed by atoms with Crippen molar-refractivity contribution in [2.75, 3.05) is 0 Å². The Morgan fingerprint density at radius 2 is 1.83 bits per heavy atom.